The molecule has 1 aliphatic heterocycles. The van der Waals surface area contributed by atoms with E-state index in [2.05, 4.69) is 0 Å². The number of ether oxygens (including phenoxy) is 2. The van der Waals surface area contributed by atoms with Gasteiger partial charge in [-0.3, -0.25) is 14.5 Å². The second-order valence-corrected chi connectivity index (χ2v) is 5.28. The Kier molecular flexibility index (Phi) is 5.41. The number of carbonyl (C=O) groups is 2. The van der Waals surface area contributed by atoms with Crippen LogP contribution in [0.1, 0.15) is 27.2 Å². The Morgan fingerprint density at radius 1 is 1.00 bits per heavy atom. The van der Waals surface area contributed by atoms with Crippen LogP contribution in [0.15, 0.2) is 12.2 Å². The Balaban J connectivity index is 2.62. The highest BCUT2D eigenvalue weighted by Gasteiger charge is 2.37. The number of imide groups is 1. The van der Waals surface area contributed by atoms with Crippen molar-refractivity contribution >= 4 is 11.8 Å². The fraction of sp³-hybridized carbons (Fsp3) is 0.692. The first-order valence-corrected chi connectivity index (χ1v) is 6.24. The van der Waals surface area contributed by atoms with Crippen LogP contribution >= 0.6 is 0 Å². The molecule has 1 rings (SSSR count). The molecule has 0 aromatic heterocycles. The van der Waals surface area contributed by atoms with Crippen LogP contribution in [0, 0.1) is 0 Å². The van der Waals surface area contributed by atoms with Gasteiger partial charge in [0.15, 0.2) is 0 Å². The van der Waals surface area contributed by atoms with Crippen LogP contribution < -0.4 is 0 Å². The molecule has 1 heterocycles. The Morgan fingerprint density at radius 2 is 1.50 bits per heavy atom. The average Bonchev–Trinajstić information content (AvgIpc) is 2.70. The summed E-state index contributed by atoms with van der Waals surface area (Å²) < 4.78 is 10.3. The van der Waals surface area contributed by atoms with Gasteiger partial charge in [0.25, 0.3) is 11.8 Å². The second-order valence-electron chi connectivity index (χ2n) is 5.28. The van der Waals surface area contributed by atoms with Gasteiger partial charge >= 0.3 is 5.97 Å². The average molecular weight is 287 g/mol. The van der Waals surface area contributed by atoms with E-state index in [1.165, 1.54) is 26.4 Å². The van der Waals surface area contributed by atoms with Crippen LogP contribution in [-0.4, -0.2) is 49.1 Å². The summed E-state index contributed by atoms with van der Waals surface area (Å²) in [6, 6.07) is 0. The van der Waals surface area contributed by atoms with Crippen molar-refractivity contribution in [2.75, 3.05) is 20.8 Å². The standard InChI is InChI=1S/C13H21NO6/c1-12(2,3)19-20-13(17-4,18-5)8-9-14-10(15)6-7-11(14)16/h6-7H,8-9H2,1-5H3. The molecule has 0 atom stereocenters. The van der Waals surface area contributed by atoms with E-state index in [0.717, 1.165) is 4.90 Å². The van der Waals surface area contributed by atoms with Gasteiger partial charge in [-0.2, -0.15) is 4.89 Å². The maximum Gasteiger partial charge on any atom is 0.313 e. The van der Waals surface area contributed by atoms with Gasteiger partial charge in [-0.25, -0.2) is 4.89 Å². The van der Waals surface area contributed by atoms with E-state index in [-0.39, 0.29) is 24.8 Å². The first-order chi connectivity index (χ1) is 9.23. The fourth-order valence-corrected chi connectivity index (χ4v) is 1.49. The number of carbonyl (C=O) groups excluding carboxylic acids is 2. The summed E-state index contributed by atoms with van der Waals surface area (Å²) in [5.41, 5.74) is -0.552. The van der Waals surface area contributed by atoms with Gasteiger partial charge < -0.3 is 9.47 Å². The first kappa shape index (κ1) is 16.8. The number of rotatable bonds is 7. The third-order valence-electron chi connectivity index (χ3n) is 2.58. The van der Waals surface area contributed by atoms with E-state index < -0.39 is 11.6 Å². The van der Waals surface area contributed by atoms with Crippen molar-refractivity contribution in [2.45, 2.75) is 38.8 Å². The molecule has 20 heavy (non-hydrogen) atoms. The Morgan fingerprint density at radius 3 is 1.90 bits per heavy atom. The largest absolute Gasteiger partial charge is 0.329 e. The first-order valence-electron chi connectivity index (χ1n) is 6.24. The molecule has 0 saturated carbocycles. The third-order valence-corrected chi connectivity index (χ3v) is 2.58. The minimum absolute atomic E-state index is 0.0971. The Hall–Kier alpha value is -1.28. The summed E-state index contributed by atoms with van der Waals surface area (Å²) in [5.74, 6) is -2.21. The van der Waals surface area contributed by atoms with Crippen LogP contribution in [0.2, 0.25) is 0 Å². The highest BCUT2D eigenvalue weighted by Crippen LogP contribution is 2.23. The number of hydrogen-bond acceptors (Lipinski definition) is 6. The number of nitrogens with zero attached hydrogens (tertiary/aromatic N) is 1. The summed E-state index contributed by atoms with van der Waals surface area (Å²) in [4.78, 5) is 34.4. The molecule has 7 heteroatoms. The van der Waals surface area contributed by atoms with E-state index >= 15 is 0 Å². The van der Waals surface area contributed by atoms with Crippen LogP contribution in [-0.2, 0) is 28.8 Å². The van der Waals surface area contributed by atoms with Crippen molar-refractivity contribution in [3.05, 3.63) is 12.2 Å². The topological polar surface area (TPSA) is 74.3 Å². The van der Waals surface area contributed by atoms with Gasteiger partial charge in [0, 0.05) is 32.9 Å². The lowest BCUT2D eigenvalue weighted by atomic mass is 10.2. The Labute approximate surface area is 118 Å². The SMILES string of the molecule is COC(CCN1C(=O)C=CC1=O)(OC)OOC(C)(C)C. The molecule has 0 aliphatic carbocycles. The van der Waals surface area contributed by atoms with Crippen LogP contribution in [0.3, 0.4) is 0 Å². The maximum absolute atomic E-state index is 11.5. The summed E-state index contributed by atoms with van der Waals surface area (Å²) in [7, 11) is 2.78. The van der Waals surface area contributed by atoms with Crippen LogP contribution in [0.4, 0.5) is 0 Å². The molecule has 7 nitrogen and oxygen atoms in total. The minimum atomic E-state index is -1.48. The monoisotopic (exact) mass is 287 g/mol. The van der Waals surface area contributed by atoms with E-state index in [1.54, 1.807) is 20.8 Å². The highest BCUT2D eigenvalue weighted by molar-refractivity contribution is 6.12. The van der Waals surface area contributed by atoms with Crippen molar-refractivity contribution < 1.29 is 28.8 Å². The van der Waals surface area contributed by atoms with Crippen molar-refractivity contribution in [1.29, 1.82) is 0 Å². The fourth-order valence-electron chi connectivity index (χ4n) is 1.49. The minimum Gasteiger partial charge on any atom is -0.329 e. The normalized spacial score (nSPS) is 16.4. The molecule has 0 spiro atoms. The molecule has 0 fully saturated rings. The predicted octanol–water partition coefficient (Wildman–Crippen LogP) is 0.995. The number of hydrogen-bond donors (Lipinski definition) is 0. The van der Waals surface area contributed by atoms with Crippen molar-refractivity contribution in [3.8, 4) is 0 Å². The molecule has 0 aromatic carbocycles. The molecule has 0 bridgehead atoms. The van der Waals surface area contributed by atoms with E-state index in [9.17, 15) is 9.59 Å². The lowest BCUT2D eigenvalue weighted by Crippen LogP contribution is -2.44. The van der Waals surface area contributed by atoms with Crippen molar-refractivity contribution in [1.82, 2.24) is 4.90 Å². The molecule has 0 radical (unpaired) electrons. The molecular formula is C13H21NO6. The zero-order chi connectivity index (χ0) is 15.4. The summed E-state index contributed by atoms with van der Waals surface area (Å²) in [6.45, 7) is 5.52. The van der Waals surface area contributed by atoms with Gasteiger partial charge in [-0.05, 0) is 20.8 Å². The van der Waals surface area contributed by atoms with Gasteiger partial charge in [-0.1, -0.05) is 0 Å². The lowest BCUT2D eigenvalue weighted by Gasteiger charge is -2.32. The van der Waals surface area contributed by atoms with Gasteiger partial charge in [-0.15, -0.1) is 0 Å². The second kappa shape index (κ2) is 6.45. The summed E-state index contributed by atoms with van der Waals surface area (Å²) in [6.07, 6.45) is 2.56. The van der Waals surface area contributed by atoms with Crippen LogP contribution in [0.5, 0.6) is 0 Å². The molecule has 0 N–H and O–H groups in total. The van der Waals surface area contributed by atoms with Crippen molar-refractivity contribution in [3.63, 3.8) is 0 Å². The van der Waals surface area contributed by atoms with E-state index in [1.807, 2.05) is 0 Å². The highest BCUT2D eigenvalue weighted by atomic mass is 17.3. The van der Waals surface area contributed by atoms with Gasteiger partial charge in [0.1, 0.15) is 0 Å². The smallest absolute Gasteiger partial charge is 0.313 e. The zero-order valence-corrected chi connectivity index (χ0v) is 12.5. The van der Waals surface area contributed by atoms with Gasteiger partial charge in [0.05, 0.1) is 12.0 Å². The molecule has 114 valence electrons. The van der Waals surface area contributed by atoms with Crippen LogP contribution in [0.25, 0.3) is 0 Å². The Bertz CT molecular complexity index is 376. The third kappa shape index (κ3) is 4.38. The lowest BCUT2D eigenvalue weighted by molar-refractivity contribution is -0.520. The number of methoxy groups -OCH3 is 2. The molecule has 1 aliphatic rings. The van der Waals surface area contributed by atoms with Crippen molar-refractivity contribution in [2.24, 2.45) is 0 Å². The quantitative estimate of drug-likeness (QED) is 0.301. The zero-order valence-electron chi connectivity index (χ0n) is 12.5. The molecule has 0 aromatic rings. The summed E-state index contributed by atoms with van der Waals surface area (Å²) >= 11 is 0. The molecule has 2 amide bonds. The number of amides is 2. The molecule has 0 saturated heterocycles. The van der Waals surface area contributed by atoms with Gasteiger partial charge in [0.2, 0.25) is 0 Å². The van der Waals surface area contributed by atoms with E-state index in [0.29, 0.717) is 0 Å². The summed E-state index contributed by atoms with van der Waals surface area (Å²) in [5, 5.41) is 0. The maximum atomic E-state index is 11.5. The molecular weight excluding hydrogens is 266 g/mol. The van der Waals surface area contributed by atoms with E-state index in [4.69, 9.17) is 19.2 Å². The predicted molar refractivity (Wildman–Crippen MR) is 69.1 cm³/mol. The molecule has 0 unspecified atom stereocenters.